The van der Waals surface area contributed by atoms with Crippen LogP contribution in [-0.2, 0) is 7.05 Å². The van der Waals surface area contributed by atoms with Crippen LogP contribution < -0.4 is 0 Å². The van der Waals surface area contributed by atoms with Gasteiger partial charge in [-0.15, -0.1) is 11.3 Å². The van der Waals surface area contributed by atoms with E-state index in [2.05, 4.69) is 16.2 Å². The van der Waals surface area contributed by atoms with Crippen LogP contribution in [0.5, 0.6) is 0 Å². The van der Waals surface area contributed by atoms with Crippen LogP contribution in [-0.4, -0.2) is 14.8 Å². The van der Waals surface area contributed by atoms with Gasteiger partial charge < -0.3 is 0 Å². The summed E-state index contributed by atoms with van der Waals surface area (Å²) in [5.41, 5.74) is 4.47. The highest BCUT2D eigenvalue weighted by Crippen LogP contribution is 2.27. The number of nitrogens with zero attached hydrogens (tertiary/aromatic N) is 4. The zero-order valence-electron chi connectivity index (χ0n) is 12.3. The molecular formula is C17H14N4S. The number of rotatable bonds is 3. The van der Waals surface area contributed by atoms with Crippen LogP contribution in [0.25, 0.3) is 22.9 Å². The molecule has 2 heterocycles. The van der Waals surface area contributed by atoms with Gasteiger partial charge in [-0.2, -0.15) is 10.4 Å². The molecule has 5 heteroatoms. The Labute approximate surface area is 133 Å². The minimum absolute atomic E-state index is 0.559. The maximum Gasteiger partial charge on any atom is 0.134 e. The third-order valence-corrected chi connectivity index (χ3v) is 4.37. The molecule has 22 heavy (non-hydrogen) atoms. The summed E-state index contributed by atoms with van der Waals surface area (Å²) in [5, 5.41) is 16.3. The number of hydrogen-bond acceptors (Lipinski definition) is 4. The van der Waals surface area contributed by atoms with Crippen LogP contribution in [0.3, 0.4) is 0 Å². The van der Waals surface area contributed by atoms with Crippen LogP contribution in [0.2, 0.25) is 0 Å². The lowest BCUT2D eigenvalue weighted by Crippen LogP contribution is -1.92. The van der Waals surface area contributed by atoms with Crippen LogP contribution in [0, 0.1) is 18.3 Å². The average Bonchev–Trinajstić information content (AvgIpc) is 3.15. The van der Waals surface area contributed by atoms with Crippen LogP contribution in [0.1, 0.15) is 16.3 Å². The monoisotopic (exact) mass is 306 g/mol. The highest BCUT2D eigenvalue weighted by molar-refractivity contribution is 7.11. The van der Waals surface area contributed by atoms with Crippen molar-refractivity contribution in [3.63, 3.8) is 0 Å². The molecule has 0 atom stereocenters. The van der Waals surface area contributed by atoms with E-state index in [-0.39, 0.29) is 0 Å². The van der Waals surface area contributed by atoms with Crippen molar-refractivity contribution in [2.45, 2.75) is 6.92 Å². The third kappa shape index (κ3) is 2.69. The molecule has 0 N–H and O–H groups in total. The molecule has 2 aromatic heterocycles. The fraction of sp³-hybridized carbons (Fsp3) is 0.118. The van der Waals surface area contributed by atoms with E-state index >= 15 is 0 Å². The van der Waals surface area contributed by atoms with Crippen LogP contribution >= 0.6 is 11.3 Å². The summed E-state index contributed by atoms with van der Waals surface area (Å²) in [6.07, 6.45) is 3.61. The van der Waals surface area contributed by atoms with Gasteiger partial charge in [0, 0.05) is 29.2 Å². The van der Waals surface area contributed by atoms with Gasteiger partial charge in [-0.3, -0.25) is 4.68 Å². The summed E-state index contributed by atoms with van der Waals surface area (Å²) in [4.78, 5) is 4.58. The molecule has 0 radical (unpaired) electrons. The first kappa shape index (κ1) is 14.2. The fourth-order valence-corrected chi connectivity index (χ4v) is 2.89. The topological polar surface area (TPSA) is 54.5 Å². The first-order chi connectivity index (χ1) is 10.7. The molecular weight excluding hydrogens is 292 g/mol. The minimum atomic E-state index is 0.559. The van der Waals surface area contributed by atoms with Crippen molar-refractivity contribution in [3.8, 4) is 17.3 Å². The minimum Gasteiger partial charge on any atom is -0.272 e. The fourth-order valence-electron chi connectivity index (χ4n) is 2.09. The quantitative estimate of drug-likeness (QED) is 0.689. The van der Waals surface area contributed by atoms with Gasteiger partial charge in [-0.25, -0.2) is 4.98 Å². The number of allylic oxidation sites excluding steroid dienone is 1. The molecule has 0 aliphatic heterocycles. The molecule has 0 aliphatic rings. The van der Waals surface area contributed by atoms with Crippen molar-refractivity contribution >= 4 is 23.0 Å². The Kier molecular flexibility index (Phi) is 3.86. The van der Waals surface area contributed by atoms with Gasteiger partial charge in [0.1, 0.15) is 11.1 Å². The predicted octanol–water partition coefficient (Wildman–Crippen LogP) is 3.92. The molecule has 3 rings (SSSR count). The summed E-state index contributed by atoms with van der Waals surface area (Å²) in [6.45, 7) is 1.98. The molecule has 0 aliphatic carbocycles. The van der Waals surface area contributed by atoms with Gasteiger partial charge in [0.05, 0.1) is 17.5 Å². The van der Waals surface area contributed by atoms with Crippen molar-refractivity contribution in [2.24, 2.45) is 7.05 Å². The molecule has 108 valence electrons. The molecule has 0 amide bonds. The molecule has 3 aromatic rings. The highest BCUT2D eigenvalue weighted by atomic mass is 32.1. The second-order valence-corrected chi connectivity index (χ2v) is 5.74. The molecule has 0 spiro atoms. The standard InChI is InChI=1S/C17H14N4S/c1-12-15(10-19-21(12)2)8-14(9-18)17-20-16(11-22-17)13-6-4-3-5-7-13/h3-8,10-11H,1-2H3/b14-8-. The Morgan fingerprint density at radius 2 is 2.09 bits per heavy atom. The first-order valence-corrected chi connectivity index (χ1v) is 7.68. The number of aromatic nitrogens is 3. The van der Waals surface area contributed by atoms with E-state index in [1.54, 1.807) is 10.9 Å². The lowest BCUT2D eigenvalue weighted by molar-refractivity contribution is 0.740. The van der Waals surface area contributed by atoms with Crippen molar-refractivity contribution < 1.29 is 0 Å². The Hall–Kier alpha value is -2.71. The Bertz CT molecular complexity index is 866. The van der Waals surface area contributed by atoms with Gasteiger partial charge in [-0.05, 0) is 13.0 Å². The molecule has 0 fully saturated rings. The Morgan fingerprint density at radius 3 is 2.73 bits per heavy atom. The Balaban J connectivity index is 1.97. The lowest BCUT2D eigenvalue weighted by atomic mass is 10.1. The van der Waals surface area contributed by atoms with Gasteiger partial charge in [-0.1, -0.05) is 30.3 Å². The number of hydrogen-bond donors (Lipinski definition) is 0. The number of aryl methyl sites for hydroxylation is 1. The van der Waals surface area contributed by atoms with Crippen molar-refractivity contribution in [2.75, 3.05) is 0 Å². The van der Waals surface area contributed by atoms with E-state index < -0.39 is 0 Å². The normalized spacial score (nSPS) is 11.4. The SMILES string of the molecule is Cc1c(/C=C(/C#N)c2nc(-c3ccccc3)cs2)cnn1C. The van der Waals surface area contributed by atoms with Crippen molar-refractivity contribution in [1.82, 2.24) is 14.8 Å². The molecule has 0 bridgehead atoms. The first-order valence-electron chi connectivity index (χ1n) is 6.81. The predicted molar refractivity (Wildman–Crippen MR) is 89.0 cm³/mol. The molecule has 4 nitrogen and oxygen atoms in total. The van der Waals surface area contributed by atoms with E-state index in [1.807, 2.05) is 55.8 Å². The van der Waals surface area contributed by atoms with Gasteiger partial charge in [0.2, 0.25) is 0 Å². The maximum absolute atomic E-state index is 9.44. The maximum atomic E-state index is 9.44. The van der Waals surface area contributed by atoms with Gasteiger partial charge in [0.25, 0.3) is 0 Å². The van der Waals surface area contributed by atoms with Crippen LogP contribution in [0.15, 0.2) is 41.9 Å². The molecule has 1 aromatic carbocycles. The Morgan fingerprint density at radius 1 is 1.32 bits per heavy atom. The second-order valence-electron chi connectivity index (χ2n) is 4.88. The summed E-state index contributed by atoms with van der Waals surface area (Å²) in [5.74, 6) is 0. The second kappa shape index (κ2) is 5.96. The zero-order valence-corrected chi connectivity index (χ0v) is 13.1. The van der Waals surface area contributed by atoms with E-state index in [4.69, 9.17) is 0 Å². The average molecular weight is 306 g/mol. The highest BCUT2D eigenvalue weighted by Gasteiger charge is 2.10. The molecule has 0 saturated carbocycles. The van der Waals surface area contributed by atoms with Crippen molar-refractivity contribution in [1.29, 1.82) is 5.26 Å². The molecule has 0 unspecified atom stereocenters. The van der Waals surface area contributed by atoms with Gasteiger partial charge in [0.15, 0.2) is 0 Å². The zero-order chi connectivity index (χ0) is 15.5. The summed E-state index contributed by atoms with van der Waals surface area (Å²) in [6, 6.07) is 12.2. The summed E-state index contributed by atoms with van der Waals surface area (Å²) >= 11 is 1.48. The van der Waals surface area contributed by atoms with E-state index in [1.165, 1.54) is 11.3 Å². The lowest BCUT2D eigenvalue weighted by Gasteiger charge is -1.96. The summed E-state index contributed by atoms with van der Waals surface area (Å²) in [7, 11) is 1.88. The van der Waals surface area contributed by atoms with Crippen LogP contribution in [0.4, 0.5) is 0 Å². The van der Waals surface area contributed by atoms with Crippen molar-refractivity contribution in [3.05, 3.63) is 58.2 Å². The molecule has 0 saturated heterocycles. The number of benzene rings is 1. The van der Waals surface area contributed by atoms with E-state index in [0.29, 0.717) is 5.57 Å². The smallest absolute Gasteiger partial charge is 0.134 e. The third-order valence-electron chi connectivity index (χ3n) is 3.50. The van der Waals surface area contributed by atoms with E-state index in [0.717, 1.165) is 27.5 Å². The number of nitriles is 1. The number of thiazole rings is 1. The largest absolute Gasteiger partial charge is 0.272 e. The van der Waals surface area contributed by atoms with Gasteiger partial charge >= 0.3 is 0 Å². The van der Waals surface area contributed by atoms with E-state index in [9.17, 15) is 5.26 Å². The summed E-state index contributed by atoms with van der Waals surface area (Å²) < 4.78 is 1.79.